The van der Waals surface area contributed by atoms with Crippen LogP contribution in [-0.2, 0) is 4.79 Å². The molecule has 0 aliphatic carbocycles. The van der Waals surface area contributed by atoms with Crippen LogP contribution in [0.4, 0.5) is 5.69 Å². The van der Waals surface area contributed by atoms with Crippen LogP contribution in [0, 0.1) is 0 Å². The largest absolute Gasteiger partial charge is 0.491 e. The summed E-state index contributed by atoms with van der Waals surface area (Å²) in [7, 11) is 0. The molecule has 1 amide bonds. The van der Waals surface area contributed by atoms with Crippen LogP contribution in [-0.4, -0.2) is 12.5 Å². The molecule has 0 unspecified atom stereocenters. The predicted octanol–water partition coefficient (Wildman–Crippen LogP) is 4.03. The molecular formula is C14H18ClNO2. The number of hydrogen-bond acceptors (Lipinski definition) is 2. The number of ether oxygens (including phenoxy) is 1. The molecule has 4 heteroatoms. The summed E-state index contributed by atoms with van der Waals surface area (Å²) < 4.78 is 5.55. The van der Waals surface area contributed by atoms with E-state index in [0.29, 0.717) is 23.1 Å². The van der Waals surface area contributed by atoms with Gasteiger partial charge in [-0.1, -0.05) is 24.1 Å². The molecule has 0 fully saturated rings. The van der Waals surface area contributed by atoms with E-state index in [1.807, 2.05) is 20.8 Å². The minimum Gasteiger partial charge on any atom is -0.491 e. The van der Waals surface area contributed by atoms with Gasteiger partial charge in [-0.05, 0) is 38.5 Å². The highest BCUT2D eigenvalue weighted by Crippen LogP contribution is 2.28. The third-order valence-electron chi connectivity index (χ3n) is 2.08. The van der Waals surface area contributed by atoms with Crippen molar-refractivity contribution < 1.29 is 9.53 Å². The van der Waals surface area contributed by atoms with E-state index in [2.05, 4.69) is 5.32 Å². The zero-order valence-corrected chi connectivity index (χ0v) is 11.7. The fourth-order valence-corrected chi connectivity index (χ4v) is 1.54. The van der Waals surface area contributed by atoms with Crippen LogP contribution in [0.1, 0.15) is 27.2 Å². The van der Waals surface area contributed by atoms with Gasteiger partial charge < -0.3 is 10.1 Å². The van der Waals surface area contributed by atoms with Gasteiger partial charge in [-0.15, -0.1) is 0 Å². The lowest BCUT2D eigenvalue weighted by molar-refractivity contribution is -0.112. The molecule has 0 spiro atoms. The Hall–Kier alpha value is -1.48. The molecule has 3 nitrogen and oxygen atoms in total. The average molecular weight is 268 g/mol. The summed E-state index contributed by atoms with van der Waals surface area (Å²) in [6.07, 6.45) is 2.44. The second-order valence-corrected chi connectivity index (χ2v) is 4.64. The molecule has 0 heterocycles. The maximum atomic E-state index is 11.7. The fourth-order valence-electron chi connectivity index (χ4n) is 1.37. The molecule has 98 valence electrons. The highest BCUT2D eigenvalue weighted by molar-refractivity contribution is 6.31. The van der Waals surface area contributed by atoms with Gasteiger partial charge in [0, 0.05) is 11.1 Å². The predicted molar refractivity (Wildman–Crippen MR) is 75.3 cm³/mol. The molecule has 0 aromatic heterocycles. The Balaban J connectivity index is 2.88. The van der Waals surface area contributed by atoms with E-state index in [-0.39, 0.29) is 5.91 Å². The van der Waals surface area contributed by atoms with Crippen LogP contribution < -0.4 is 10.1 Å². The van der Waals surface area contributed by atoms with Gasteiger partial charge in [0.2, 0.25) is 5.91 Å². The van der Waals surface area contributed by atoms with E-state index in [1.54, 1.807) is 18.2 Å². The highest BCUT2D eigenvalue weighted by Gasteiger charge is 2.07. The van der Waals surface area contributed by atoms with Crippen molar-refractivity contribution in [3.05, 3.63) is 34.9 Å². The second-order valence-electron chi connectivity index (χ2n) is 4.20. The summed E-state index contributed by atoms with van der Waals surface area (Å²) in [5.41, 5.74) is 1.53. The molecule has 1 rings (SSSR count). The second kappa shape index (κ2) is 7.07. The number of nitrogens with one attached hydrogen (secondary N) is 1. The van der Waals surface area contributed by atoms with Crippen LogP contribution >= 0.6 is 11.6 Å². The smallest absolute Gasteiger partial charge is 0.248 e. The molecule has 0 aliphatic heterocycles. The first-order valence-corrected chi connectivity index (χ1v) is 6.29. The topological polar surface area (TPSA) is 38.3 Å². The van der Waals surface area contributed by atoms with Gasteiger partial charge in [0.1, 0.15) is 5.75 Å². The van der Waals surface area contributed by atoms with E-state index in [9.17, 15) is 4.79 Å². The van der Waals surface area contributed by atoms with E-state index in [0.717, 1.165) is 12.0 Å². The number of rotatable bonds is 5. The maximum absolute atomic E-state index is 11.7. The van der Waals surface area contributed by atoms with Gasteiger partial charge in [-0.2, -0.15) is 0 Å². The minimum absolute atomic E-state index is 0.182. The summed E-state index contributed by atoms with van der Waals surface area (Å²) in [6.45, 7) is 6.36. The zero-order valence-electron chi connectivity index (χ0n) is 10.9. The van der Waals surface area contributed by atoms with E-state index >= 15 is 0 Å². The minimum atomic E-state index is -0.182. The van der Waals surface area contributed by atoms with Gasteiger partial charge >= 0.3 is 0 Å². The van der Waals surface area contributed by atoms with Crippen LogP contribution in [0.5, 0.6) is 5.75 Å². The molecule has 0 saturated carbocycles. The molecule has 0 aliphatic rings. The SMILES string of the molecule is CCCOc1ccc(Cl)cc1NC(=O)C=C(C)C. The van der Waals surface area contributed by atoms with Gasteiger partial charge in [0.05, 0.1) is 12.3 Å². The van der Waals surface area contributed by atoms with E-state index < -0.39 is 0 Å². The van der Waals surface area contributed by atoms with Crippen LogP contribution in [0.2, 0.25) is 5.02 Å². The normalized spacial score (nSPS) is 9.78. The lowest BCUT2D eigenvalue weighted by Crippen LogP contribution is -2.10. The molecule has 1 aromatic carbocycles. The van der Waals surface area contributed by atoms with Crippen molar-refractivity contribution in [2.75, 3.05) is 11.9 Å². The van der Waals surface area contributed by atoms with Gasteiger partial charge in [-0.3, -0.25) is 4.79 Å². The van der Waals surface area contributed by atoms with Crippen molar-refractivity contribution in [1.82, 2.24) is 0 Å². The summed E-state index contributed by atoms with van der Waals surface area (Å²) >= 11 is 5.92. The Morgan fingerprint density at radius 3 is 2.78 bits per heavy atom. The van der Waals surface area contributed by atoms with Crippen molar-refractivity contribution in [3.8, 4) is 5.75 Å². The third kappa shape index (κ3) is 4.80. The monoisotopic (exact) mass is 267 g/mol. The molecule has 0 bridgehead atoms. The first kappa shape index (κ1) is 14.6. The zero-order chi connectivity index (χ0) is 13.5. The molecule has 1 aromatic rings. The Bertz CT molecular complexity index is 451. The molecular weight excluding hydrogens is 250 g/mol. The number of halogens is 1. The summed E-state index contributed by atoms with van der Waals surface area (Å²) in [5, 5.41) is 3.33. The summed E-state index contributed by atoms with van der Waals surface area (Å²) in [4.78, 5) is 11.7. The lowest BCUT2D eigenvalue weighted by atomic mass is 10.2. The number of allylic oxidation sites excluding steroid dienone is 1. The maximum Gasteiger partial charge on any atom is 0.248 e. The van der Waals surface area contributed by atoms with Crippen molar-refractivity contribution >= 4 is 23.2 Å². The first-order chi connectivity index (χ1) is 8.52. The fraction of sp³-hybridized carbons (Fsp3) is 0.357. The van der Waals surface area contributed by atoms with Crippen molar-refractivity contribution in [3.63, 3.8) is 0 Å². The van der Waals surface area contributed by atoms with Gasteiger partial charge in [0.25, 0.3) is 0 Å². The Morgan fingerprint density at radius 1 is 1.44 bits per heavy atom. The Labute approximate surface area is 113 Å². The van der Waals surface area contributed by atoms with Crippen molar-refractivity contribution in [2.45, 2.75) is 27.2 Å². The summed E-state index contributed by atoms with van der Waals surface area (Å²) in [5.74, 6) is 0.454. The molecule has 1 N–H and O–H groups in total. The lowest BCUT2D eigenvalue weighted by Gasteiger charge is -2.11. The van der Waals surface area contributed by atoms with Gasteiger partial charge in [-0.25, -0.2) is 0 Å². The number of hydrogen-bond donors (Lipinski definition) is 1. The number of carbonyl (C=O) groups is 1. The quantitative estimate of drug-likeness (QED) is 0.818. The number of carbonyl (C=O) groups excluding carboxylic acids is 1. The Morgan fingerprint density at radius 2 is 2.17 bits per heavy atom. The molecule has 0 atom stereocenters. The molecule has 18 heavy (non-hydrogen) atoms. The number of anilines is 1. The highest BCUT2D eigenvalue weighted by atomic mass is 35.5. The van der Waals surface area contributed by atoms with Crippen LogP contribution in [0.25, 0.3) is 0 Å². The van der Waals surface area contributed by atoms with E-state index in [1.165, 1.54) is 6.08 Å². The third-order valence-corrected chi connectivity index (χ3v) is 2.32. The van der Waals surface area contributed by atoms with Crippen molar-refractivity contribution in [1.29, 1.82) is 0 Å². The standard InChI is InChI=1S/C14H18ClNO2/c1-4-7-18-13-6-5-11(15)9-12(13)16-14(17)8-10(2)3/h5-6,8-9H,4,7H2,1-3H3,(H,16,17). The summed E-state index contributed by atoms with van der Waals surface area (Å²) in [6, 6.07) is 5.18. The van der Waals surface area contributed by atoms with Crippen LogP contribution in [0.3, 0.4) is 0 Å². The van der Waals surface area contributed by atoms with E-state index in [4.69, 9.17) is 16.3 Å². The average Bonchev–Trinajstić information content (AvgIpc) is 2.26. The number of benzene rings is 1. The first-order valence-electron chi connectivity index (χ1n) is 5.91. The number of amides is 1. The van der Waals surface area contributed by atoms with Crippen LogP contribution in [0.15, 0.2) is 29.8 Å². The Kier molecular flexibility index (Phi) is 5.72. The molecule has 0 radical (unpaired) electrons. The van der Waals surface area contributed by atoms with Gasteiger partial charge in [0.15, 0.2) is 0 Å². The van der Waals surface area contributed by atoms with Crippen molar-refractivity contribution in [2.24, 2.45) is 0 Å². The molecule has 0 saturated heterocycles.